The van der Waals surface area contributed by atoms with Crippen molar-refractivity contribution in [3.05, 3.63) is 29.8 Å². The van der Waals surface area contributed by atoms with Gasteiger partial charge in [-0.05, 0) is 18.6 Å². The number of rotatable bonds is 5. The molecule has 0 unspecified atom stereocenters. The van der Waals surface area contributed by atoms with E-state index < -0.39 is 0 Å². The van der Waals surface area contributed by atoms with E-state index in [1.165, 1.54) is 6.92 Å². The molecule has 0 atom stereocenters. The van der Waals surface area contributed by atoms with Crippen molar-refractivity contribution in [2.75, 3.05) is 13.2 Å². The van der Waals surface area contributed by atoms with E-state index in [1.54, 1.807) is 0 Å². The second-order valence-electron chi connectivity index (χ2n) is 3.13. The van der Waals surface area contributed by atoms with E-state index in [-0.39, 0.29) is 5.97 Å². The first-order valence-corrected chi connectivity index (χ1v) is 5.08. The summed E-state index contributed by atoms with van der Waals surface area (Å²) in [6.07, 6.45) is 0.690. The van der Waals surface area contributed by atoms with Crippen molar-refractivity contribution in [3.8, 4) is 5.75 Å². The number of carbonyl (C=O) groups excluding carboxylic acids is 1. The molecule has 0 saturated carbocycles. The molecule has 1 aromatic rings. The van der Waals surface area contributed by atoms with E-state index in [1.807, 2.05) is 31.2 Å². The average Bonchev–Trinajstić information content (AvgIpc) is 2.20. The minimum absolute atomic E-state index is 0.246. The van der Waals surface area contributed by atoms with E-state index in [4.69, 9.17) is 9.47 Å². The van der Waals surface area contributed by atoms with Crippen molar-refractivity contribution in [1.29, 1.82) is 0 Å². The van der Waals surface area contributed by atoms with Gasteiger partial charge in [0.05, 0.1) is 13.2 Å². The average molecular weight is 208 g/mol. The molecule has 0 fully saturated rings. The zero-order chi connectivity index (χ0) is 11.1. The van der Waals surface area contributed by atoms with Crippen LogP contribution >= 0.6 is 0 Å². The van der Waals surface area contributed by atoms with Crippen LogP contribution in [0.15, 0.2) is 24.3 Å². The summed E-state index contributed by atoms with van der Waals surface area (Å²) >= 11 is 0. The second-order valence-corrected chi connectivity index (χ2v) is 3.13. The molecule has 0 bridgehead atoms. The Morgan fingerprint density at radius 2 is 2.07 bits per heavy atom. The van der Waals surface area contributed by atoms with E-state index in [9.17, 15) is 4.79 Å². The summed E-state index contributed by atoms with van der Waals surface area (Å²) in [5.41, 5.74) is 1.07. The van der Waals surface area contributed by atoms with Gasteiger partial charge in [-0.25, -0.2) is 0 Å². The molecule has 0 aliphatic heterocycles. The summed E-state index contributed by atoms with van der Waals surface area (Å²) < 4.78 is 10.3. The van der Waals surface area contributed by atoms with Gasteiger partial charge in [0.1, 0.15) is 5.75 Å². The standard InChI is InChI=1S/C12H16O3/c1-3-14-12-7-5-4-6-11(12)8-9-15-10(2)13/h4-7H,3,8-9H2,1-2H3. The van der Waals surface area contributed by atoms with Crippen LogP contribution < -0.4 is 4.74 Å². The Hall–Kier alpha value is -1.51. The molecule has 0 heterocycles. The number of hydrogen-bond acceptors (Lipinski definition) is 3. The minimum Gasteiger partial charge on any atom is -0.494 e. The fourth-order valence-corrected chi connectivity index (χ4v) is 1.31. The molecule has 0 aliphatic carbocycles. The number of para-hydroxylation sites is 1. The monoisotopic (exact) mass is 208 g/mol. The fourth-order valence-electron chi connectivity index (χ4n) is 1.31. The lowest BCUT2D eigenvalue weighted by Gasteiger charge is -2.09. The van der Waals surface area contributed by atoms with Gasteiger partial charge in [-0.2, -0.15) is 0 Å². The third kappa shape index (κ3) is 4.02. The molecule has 0 radical (unpaired) electrons. The van der Waals surface area contributed by atoms with Crippen LogP contribution in [0.4, 0.5) is 0 Å². The molecule has 0 spiro atoms. The maximum absolute atomic E-state index is 10.6. The molecule has 15 heavy (non-hydrogen) atoms. The summed E-state index contributed by atoms with van der Waals surface area (Å²) in [7, 11) is 0. The maximum atomic E-state index is 10.6. The SMILES string of the molecule is CCOc1ccccc1CCOC(C)=O. The van der Waals surface area contributed by atoms with Gasteiger partial charge in [0.2, 0.25) is 0 Å². The second kappa shape index (κ2) is 6.06. The summed E-state index contributed by atoms with van der Waals surface area (Å²) in [4.78, 5) is 10.6. The van der Waals surface area contributed by atoms with Gasteiger partial charge in [0, 0.05) is 13.3 Å². The highest BCUT2D eigenvalue weighted by Crippen LogP contribution is 2.18. The predicted octanol–water partition coefficient (Wildman–Crippen LogP) is 2.19. The van der Waals surface area contributed by atoms with Crippen molar-refractivity contribution in [3.63, 3.8) is 0 Å². The van der Waals surface area contributed by atoms with Crippen LogP contribution in [0.1, 0.15) is 19.4 Å². The molecule has 0 aromatic heterocycles. The Labute approximate surface area is 90.0 Å². The van der Waals surface area contributed by atoms with E-state index in [2.05, 4.69) is 0 Å². The van der Waals surface area contributed by atoms with Crippen LogP contribution in [0.3, 0.4) is 0 Å². The van der Waals surface area contributed by atoms with Crippen LogP contribution in [0.25, 0.3) is 0 Å². The van der Waals surface area contributed by atoms with Crippen LogP contribution in [0.2, 0.25) is 0 Å². The molecular weight excluding hydrogens is 192 g/mol. The Morgan fingerprint density at radius 1 is 1.33 bits per heavy atom. The Morgan fingerprint density at radius 3 is 2.73 bits per heavy atom. The molecule has 0 aliphatic rings. The number of carbonyl (C=O) groups is 1. The van der Waals surface area contributed by atoms with E-state index in [0.717, 1.165) is 11.3 Å². The molecular formula is C12H16O3. The van der Waals surface area contributed by atoms with Gasteiger partial charge in [0.25, 0.3) is 0 Å². The van der Waals surface area contributed by atoms with Gasteiger partial charge in [-0.15, -0.1) is 0 Å². The molecule has 1 aromatic carbocycles. The quantitative estimate of drug-likeness (QED) is 0.696. The Bertz CT molecular complexity index is 320. The lowest BCUT2D eigenvalue weighted by atomic mass is 10.1. The number of ether oxygens (including phenoxy) is 2. The molecule has 0 amide bonds. The van der Waals surface area contributed by atoms with Crippen molar-refractivity contribution in [1.82, 2.24) is 0 Å². The topological polar surface area (TPSA) is 35.5 Å². The largest absolute Gasteiger partial charge is 0.494 e. The van der Waals surface area contributed by atoms with Crippen LogP contribution in [0, 0.1) is 0 Å². The summed E-state index contributed by atoms with van der Waals surface area (Å²) in [6, 6.07) is 7.78. The van der Waals surface area contributed by atoms with Gasteiger partial charge in [0.15, 0.2) is 0 Å². The summed E-state index contributed by atoms with van der Waals surface area (Å²) in [5.74, 6) is 0.621. The Balaban J connectivity index is 2.55. The van der Waals surface area contributed by atoms with E-state index >= 15 is 0 Å². The molecule has 3 nitrogen and oxygen atoms in total. The van der Waals surface area contributed by atoms with Crippen LogP contribution in [-0.4, -0.2) is 19.2 Å². The highest BCUT2D eigenvalue weighted by atomic mass is 16.5. The summed E-state index contributed by atoms with van der Waals surface area (Å²) in [5, 5.41) is 0. The van der Waals surface area contributed by atoms with Crippen LogP contribution in [0.5, 0.6) is 5.75 Å². The van der Waals surface area contributed by atoms with Crippen molar-refractivity contribution in [2.24, 2.45) is 0 Å². The summed E-state index contributed by atoms with van der Waals surface area (Å²) in [6.45, 7) is 4.40. The van der Waals surface area contributed by atoms with Crippen LogP contribution in [-0.2, 0) is 16.0 Å². The maximum Gasteiger partial charge on any atom is 0.302 e. The van der Waals surface area contributed by atoms with Gasteiger partial charge in [-0.1, -0.05) is 18.2 Å². The highest BCUT2D eigenvalue weighted by Gasteiger charge is 2.02. The van der Waals surface area contributed by atoms with Crippen molar-refractivity contribution >= 4 is 5.97 Å². The third-order valence-electron chi connectivity index (χ3n) is 1.95. The van der Waals surface area contributed by atoms with Crippen molar-refractivity contribution in [2.45, 2.75) is 20.3 Å². The number of esters is 1. The molecule has 3 heteroatoms. The molecule has 1 rings (SSSR count). The van der Waals surface area contributed by atoms with Gasteiger partial charge >= 0.3 is 5.97 Å². The zero-order valence-corrected chi connectivity index (χ0v) is 9.16. The first-order valence-electron chi connectivity index (χ1n) is 5.08. The highest BCUT2D eigenvalue weighted by molar-refractivity contribution is 5.65. The first-order chi connectivity index (χ1) is 7.24. The Kier molecular flexibility index (Phi) is 4.68. The number of benzene rings is 1. The van der Waals surface area contributed by atoms with Gasteiger partial charge < -0.3 is 9.47 Å². The predicted molar refractivity (Wildman–Crippen MR) is 57.9 cm³/mol. The molecule has 82 valence electrons. The lowest BCUT2D eigenvalue weighted by molar-refractivity contribution is -0.140. The third-order valence-corrected chi connectivity index (χ3v) is 1.95. The van der Waals surface area contributed by atoms with Crippen molar-refractivity contribution < 1.29 is 14.3 Å². The minimum atomic E-state index is -0.246. The first kappa shape index (κ1) is 11.6. The van der Waals surface area contributed by atoms with E-state index in [0.29, 0.717) is 19.6 Å². The molecule has 0 N–H and O–H groups in total. The number of hydrogen-bond donors (Lipinski definition) is 0. The zero-order valence-electron chi connectivity index (χ0n) is 9.16. The lowest BCUT2D eigenvalue weighted by Crippen LogP contribution is -2.05. The smallest absolute Gasteiger partial charge is 0.302 e. The van der Waals surface area contributed by atoms with Gasteiger partial charge in [-0.3, -0.25) is 4.79 Å². The fraction of sp³-hybridized carbons (Fsp3) is 0.417. The normalized spacial score (nSPS) is 9.73. The molecule has 0 saturated heterocycles.